The van der Waals surface area contributed by atoms with Crippen molar-refractivity contribution in [3.05, 3.63) is 58.8 Å². The summed E-state index contributed by atoms with van der Waals surface area (Å²) in [4.78, 5) is 23.4. The monoisotopic (exact) mass is 295 g/mol. The minimum atomic E-state index is -0.535. The Morgan fingerprint density at radius 2 is 1.86 bits per heavy atom. The lowest BCUT2D eigenvalue weighted by Gasteiger charge is -2.07. The van der Waals surface area contributed by atoms with E-state index in [1.807, 2.05) is 6.07 Å². The molecule has 5 nitrogen and oxygen atoms in total. The number of carbonyl (C=O) groups is 1. The molecule has 0 atom stereocenters. The van der Waals surface area contributed by atoms with Crippen molar-refractivity contribution in [2.75, 3.05) is 5.32 Å². The lowest BCUT2D eigenvalue weighted by Crippen LogP contribution is -2.07. The molecule has 110 valence electrons. The maximum atomic E-state index is 12.3. The van der Waals surface area contributed by atoms with Gasteiger partial charge < -0.3 is 14.8 Å². The smallest absolute Gasteiger partial charge is 0.235 e. The molecule has 1 aromatic heterocycles. The molecule has 0 bridgehead atoms. The molecular weight excluding hydrogens is 282 g/mol. The topological polar surface area (TPSA) is 79.5 Å². The lowest BCUT2D eigenvalue weighted by atomic mass is 10.1. The normalized spacial score (nSPS) is 10.6. The van der Waals surface area contributed by atoms with Gasteiger partial charge in [-0.2, -0.15) is 0 Å². The first kappa shape index (κ1) is 13.9. The molecule has 3 rings (SSSR count). The van der Waals surface area contributed by atoms with Gasteiger partial charge in [0.2, 0.25) is 17.1 Å². The predicted octanol–water partition coefficient (Wildman–Crippen LogP) is 3.12. The molecule has 1 amide bonds. The Balaban J connectivity index is 2.22. The van der Waals surface area contributed by atoms with Gasteiger partial charge in [0.1, 0.15) is 5.58 Å². The molecule has 0 unspecified atom stereocenters. The van der Waals surface area contributed by atoms with Gasteiger partial charge in [0.25, 0.3) is 0 Å². The highest BCUT2D eigenvalue weighted by atomic mass is 16.4. The van der Waals surface area contributed by atoms with Crippen LogP contribution in [0, 0.1) is 0 Å². The van der Waals surface area contributed by atoms with Crippen LogP contribution < -0.4 is 10.7 Å². The number of rotatable bonds is 2. The molecule has 5 heteroatoms. The van der Waals surface area contributed by atoms with E-state index in [1.54, 1.807) is 36.4 Å². The molecule has 0 aliphatic rings. The third-order valence-electron chi connectivity index (χ3n) is 3.22. The molecule has 2 N–H and O–H groups in total. The number of fused-ring (bicyclic) bond motifs is 1. The zero-order chi connectivity index (χ0) is 15.7. The average Bonchev–Trinajstić information content (AvgIpc) is 2.51. The molecule has 2 aromatic carbocycles. The highest BCUT2D eigenvalue weighted by Crippen LogP contribution is 2.30. The van der Waals surface area contributed by atoms with Crippen molar-refractivity contribution in [3.8, 4) is 17.1 Å². The number of benzene rings is 2. The molecule has 22 heavy (non-hydrogen) atoms. The number of hydrogen-bond donors (Lipinski definition) is 2. The van der Waals surface area contributed by atoms with Gasteiger partial charge in [-0.3, -0.25) is 9.59 Å². The SMILES string of the molecule is CC(=O)Nc1ccc2oc(-c3ccccc3)c(O)c(=O)c2c1. The molecule has 0 saturated carbocycles. The third kappa shape index (κ3) is 2.44. The van der Waals surface area contributed by atoms with E-state index >= 15 is 0 Å². The van der Waals surface area contributed by atoms with E-state index < -0.39 is 11.2 Å². The summed E-state index contributed by atoms with van der Waals surface area (Å²) in [6.07, 6.45) is 0. The van der Waals surface area contributed by atoms with Crippen LogP contribution in [-0.2, 0) is 4.79 Å². The molecule has 0 aliphatic heterocycles. The molecule has 0 saturated heterocycles. The van der Waals surface area contributed by atoms with Gasteiger partial charge in [-0.1, -0.05) is 30.3 Å². The van der Waals surface area contributed by atoms with Crippen LogP contribution in [0.1, 0.15) is 6.92 Å². The van der Waals surface area contributed by atoms with Gasteiger partial charge in [-0.25, -0.2) is 0 Å². The van der Waals surface area contributed by atoms with Crippen LogP contribution in [0.2, 0.25) is 0 Å². The summed E-state index contributed by atoms with van der Waals surface area (Å²) in [7, 11) is 0. The van der Waals surface area contributed by atoms with Crippen molar-refractivity contribution in [1.82, 2.24) is 0 Å². The molecule has 0 aliphatic carbocycles. The van der Waals surface area contributed by atoms with Crippen molar-refractivity contribution < 1.29 is 14.3 Å². The van der Waals surface area contributed by atoms with Gasteiger partial charge in [-0.05, 0) is 18.2 Å². The fourth-order valence-corrected chi connectivity index (χ4v) is 2.25. The third-order valence-corrected chi connectivity index (χ3v) is 3.22. The summed E-state index contributed by atoms with van der Waals surface area (Å²) in [5, 5.41) is 12.9. The van der Waals surface area contributed by atoms with Crippen LogP contribution in [0.4, 0.5) is 5.69 Å². The summed E-state index contributed by atoms with van der Waals surface area (Å²) >= 11 is 0. The fraction of sp³-hybridized carbons (Fsp3) is 0.0588. The minimum absolute atomic E-state index is 0.130. The highest BCUT2D eigenvalue weighted by molar-refractivity contribution is 5.92. The maximum absolute atomic E-state index is 12.3. The van der Waals surface area contributed by atoms with Gasteiger partial charge in [0.05, 0.1) is 5.39 Å². The summed E-state index contributed by atoms with van der Waals surface area (Å²) in [5.41, 5.74) is 0.896. The Morgan fingerprint density at radius 3 is 2.55 bits per heavy atom. The van der Waals surface area contributed by atoms with Crippen molar-refractivity contribution >= 4 is 22.6 Å². The van der Waals surface area contributed by atoms with Gasteiger partial charge in [0, 0.05) is 18.2 Å². The first-order valence-corrected chi connectivity index (χ1v) is 6.69. The van der Waals surface area contributed by atoms with E-state index in [0.29, 0.717) is 16.8 Å². The number of carbonyl (C=O) groups excluding carboxylic acids is 1. The molecule has 3 aromatic rings. The van der Waals surface area contributed by atoms with E-state index in [0.717, 1.165) is 0 Å². The maximum Gasteiger partial charge on any atom is 0.235 e. The van der Waals surface area contributed by atoms with Crippen molar-refractivity contribution in [2.45, 2.75) is 6.92 Å². The summed E-state index contributed by atoms with van der Waals surface area (Å²) in [6.45, 7) is 1.38. The number of aromatic hydroxyl groups is 1. The van der Waals surface area contributed by atoms with Crippen molar-refractivity contribution in [2.24, 2.45) is 0 Å². The van der Waals surface area contributed by atoms with Gasteiger partial charge in [-0.15, -0.1) is 0 Å². The van der Waals surface area contributed by atoms with Crippen LogP contribution in [0.15, 0.2) is 57.7 Å². The van der Waals surface area contributed by atoms with Crippen LogP contribution in [0.3, 0.4) is 0 Å². The van der Waals surface area contributed by atoms with E-state index in [2.05, 4.69) is 5.32 Å². The summed E-state index contributed by atoms with van der Waals surface area (Å²) in [5.74, 6) is -0.557. The minimum Gasteiger partial charge on any atom is -0.502 e. The van der Waals surface area contributed by atoms with E-state index in [4.69, 9.17) is 4.42 Å². The van der Waals surface area contributed by atoms with Crippen molar-refractivity contribution in [3.63, 3.8) is 0 Å². The van der Waals surface area contributed by atoms with Crippen LogP contribution in [0.25, 0.3) is 22.3 Å². The van der Waals surface area contributed by atoms with Crippen LogP contribution >= 0.6 is 0 Å². The fourth-order valence-electron chi connectivity index (χ4n) is 2.25. The van der Waals surface area contributed by atoms with Crippen LogP contribution in [0.5, 0.6) is 5.75 Å². The largest absolute Gasteiger partial charge is 0.502 e. The summed E-state index contributed by atoms with van der Waals surface area (Å²) in [6, 6.07) is 13.6. The van der Waals surface area contributed by atoms with Gasteiger partial charge >= 0.3 is 0 Å². The predicted molar refractivity (Wildman–Crippen MR) is 83.9 cm³/mol. The Hall–Kier alpha value is -3.08. The standard InChI is InChI=1S/C17H13NO4/c1-10(19)18-12-7-8-14-13(9-12)15(20)16(21)17(22-14)11-5-3-2-4-6-11/h2-9,21H,1H3,(H,18,19). The Kier molecular flexibility index (Phi) is 3.39. The van der Waals surface area contributed by atoms with Crippen molar-refractivity contribution in [1.29, 1.82) is 0 Å². The Labute approximate surface area is 125 Å². The quantitative estimate of drug-likeness (QED) is 0.761. The number of hydrogen-bond acceptors (Lipinski definition) is 4. The Morgan fingerprint density at radius 1 is 1.14 bits per heavy atom. The Bertz CT molecular complexity index is 913. The second kappa shape index (κ2) is 5.37. The molecule has 1 heterocycles. The second-order valence-electron chi connectivity index (χ2n) is 4.87. The molecule has 0 radical (unpaired) electrons. The first-order valence-electron chi connectivity index (χ1n) is 6.69. The van der Waals surface area contributed by atoms with E-state index in [9.17, 15) is 14.7 Å². The summed E-state index contributed by atoms with van der Waals surface area (Å²) < 4.78 is 5.66. The molecule has 0 spiro atoms. The zero-order valence-corrected chi connectivity index (χ0v) is 11.8. The zero-order valence-electron chi connectivity index (χ0n) is 11.8. The lowest BCUT2D eigenvalue weighted by molar-refractivity contribution is -0.114. The number of amides is 1. The number of nitrogens with one attached hydrogen (secondary N) is 1. The van der Waals surface area contributed by atoms with Crippen LogP contribution in [-0.4, -0.2) is 11.0 Å². The average molecular weight is 295 g/mol. The highest BCUT2D eigenvalue weighted by Gasteiger charge is 2.15. The number of anilines is 1. The van der Waals surface area contributed by atoms with E-state index in [1.165, 1.54) is 13.0 Å². The molecule has 0 fully saturated rings. The second-order valence-corrected chi connectivity index (χ2v) is 4.87. The van der Waals surface area contributed by atoms with E-state index in [-0.39, 0.29) is 17.1 Å². The molecular formula is C17H13NO4. The van der Waals surface area contributed by atoms with Gasteiger partial charge in [0.15, 0.2) is 5.76 Å². The first-order chi connectivity index (χ1) is 10.6.